The summed E-state index contributed by atoms with van der Waals surface area (Å²) in [5, 5.41) is 3.44. The van der Waals surface area contributed by atoms with Crippen LogP contribution in [0.2, 0.25) is 0 Å². The monoisotopic (exact) mass is 233 g/mol. The smallest absolute Gasteiger partial charge is 0.203 e. The molecule has 1 atom stereocenters. The lowest BCUT2D eigenvalue weighted by Crippen LogP contribution is -2.29. The van der Waals surface area contributed by atoms with E-state index in [0.717, 1.165) is 24.8 Å². The van der Waals surface area contributed by atoms with Crippen LogP contribution in [-0.4, -0.2) is 16.1 Å². The number of nitrogens with zero attached hydrogens (tertiary/aromatic N) is 2. The average Bonchev–Trinajstić information content (AvgIpc) is 2.82. The van der Waals surface area contributed by atoms with Crippen molar-refractivity contribution in [2.24, 2.45) is 5.92 Å². The van der Waals surface area contributed by atoms with E-state index in [-0.39, 0.29) is 0 Å². The number of rotatable bonds is 2. The van der Waals surface area contributed by atoms with E-state index < -0.39 is 0 Å². The second-order valence-corrected chi connectivity index (χ2v) is 5.50. The fourth-order valence-corrected chi connectivity index (χ4v) is 3.45. The van der Waals surface area contributed by atoms with Gasteiger partial charge >= 0.3 is 0 Å². The average molecular weight is 233 g/mol. The predicted octanol–water partition coefficient (Wildman–Crippen LogP) is 3.38. The van der Waals surface area contributed by atoms with Crippen molar-refractivity contribution in [3.8, 4) is 0 Å². The number of hydrogen-bond acceptors (Lipinski definition) is 2. The molecule has 0 spiro atoms. The normalized spacial score (nSPS) is 25.4. The Balaban J connectivity index is 1.84. The lowest BCUT2D eigenvalue weighted by molar-refractivity contribution is 0.236. The maximum absolute atomic E-state index is 4.67. The van der Waals surface area contributed by atoms with Crippen LogP contribution < -0.4 is 5.32 Å². The Labute approximate surface area is 104 Å². The molecule has 1 N–H and O–H groups in total. The molecule has 1 fully saturated rings. The Morgan fingerprint density at radius 3 is 2.88 bits per heavy atom. The molecule has 3 nitrogen and oxygen atoms in total. The first-order chi connectivity index (χ1) is 8.38. The molecule has 3 heteroatoms. The number of nitrogens with one attached hydrogen (secondary N) is 1. The Morgan fingerprint density at radius 2 is 2.12 bits per heavy atom. The van der Waals surface area contributed by atoms with Gasteiger partial charge in [-0.3, -0.25) is 0 Å². The highest BCUT2D eigenvalue weighted by atomic mass is 15.2. The van der Waals surface area contributed by atoms with Crippen LogP contribution in [0, 0.1) is 5.92 Å². The Kier molecular flexibility index (Phi) is 3.08. The zero-order valence-corrected chi connectivity index (χ0v) is 10.8. The second-order valence-electron chi connectivity index (χ2n) is 5.50. The predicted molar refractivity (Wildman–Crippen MR) is 70.3 cm³/mol. The molecule has 1 aliphatic heterocycles. The van der Waals surface area contributed by atoms with Crippen LogP contribution in [0.5, 0.6) is 0 Å². The fraction of sp³-hybridized carbons (Fsp3) is 0.786. The standard InChI is InChI=1S/C14H23N3/c1-2-12-10-17-13(8-9-15-14(17)16-12)11-6-4-3-5-7-11/h10-11,13H,2-9H2,1H3,(H,15,16). The molecular weight excluding hydrogens is 210 g/mol. The summed E-state index contributed by atoms with van der Waals surface area (Å²) in [5.41, 5.74) is 1.23. The topological polar surface area (TPSA) is 29.9 Å². The van der Waals surface area contributed by atoms with Gasteiger partial charge in [0.15, 0.2) is 0 Å². The third-order valence-electron chi connectivity index (χ3n) is 4.42. The van der Waals surface area contributed by atoms with Crippen molar-refractivity contribution in [3.63, 3.8) is 0 Å². The van der Waals surface area contributed by atoms with Crippen LogP contribution in [0.1, 0.15) is 57.2 Å². The molecule has 1 unspecified atom stereocenters. The van der Waals surface area contributed by atoms with Gasteiger partial charge < -0.3 is 9.88 Å². The zero-order valence-electron chi connectivity index (χ0n) is 10.8. The molecule has 2 heterocycles. The van der Waals surface area contributed by atoms with E-state index >= 15 is 0 Å². The lowest BCUT2D eigenvalue weighted by atomic mass is 9.82. The molecule has 2 aliphatic rings. The van der Waals surface area contributed by atoms with E-state index in [9.17, 15) is 0 Å². The first-order valence-electron chi connectivity index (χ1n) is 7.20. The molecule has 1 aromatic rings. The molecule has 0 radical (unpaired) electrons. The largest absolute Gasteiger partial charge is 0.356 e. The molecule has 0 bridgehead atoms. The van der Waals surface area contributed by atoms with Gasteiger partial charge in [-0.25, -0.2) is 4.98 Å². The van der Waals surface area contributed by atoms with Crippen LogP contribution in [0.25, 0.3) is 0 Å². The van der Waals surface area contributed by atoms with Crippen molar-refractivity contribution < 1.29 is 0 Å². The highest BCUT2D eigenvalue weighted by Gasteiger charge is 2.29. The highest BCUT2D eigenvalue weighted by molar-refractivity contribution is 5.32. The summed E-state index contributed by atoms with van der Waals surface area (Å²) in [7, 11) is 0. The third kappa shape index (κ3) is 2.07. The number of aryl methyl sites for hydroxylation is 1. The van der Waals surface area contributed by atoms with E-state index in [0.29, 0.717) is 6.04 Å². The van der Waals surface area contributed by atoms with Gasteiger partial charge in [-0.2, -0.15) is 0 Å². The second kappa shape index (κ2) is 4.71. The van der Waals surface area contributed by atoms with Gasteiger partial charge in [-0.15, -0.1) is 0 Å². The van der Waals surface area contributed by atoms with Crippen molar-refractivity contribution in [2.45, 2.75) is 57.9 Å². The summed E-state index contributed by atoms with van der Waals surface area (Å²) in [6.07, 6.45) is 11.7. The highest BCUT2D eigenvalue weighted by Crippen LogP contribution is 2.38. The van der Waals surface area contributed by atoms with Crippen molar-refractivity contribution in [1.82, 2.24) is 9.55 Å². The maximum atomic E-state index is 4.67. The summed E-state index contributed by atoms with van der Waals surface area (Å²) in [5.74, 6) is 2.01. The number of imidazole rings is 1. The lowest BCUT2D eigenvalue weighted by Gasteiger charge is -2.34. The molecule has 0 amide bonds. The van der Waals surface area contributed by atoms with Gasteiger partial charge in [0.1, 0.15) is 0 Å². The molecule has 17 heavy (non-hydrogen) atoms. The zero-order chi connectivity index (χ0) is 11.7. The molecule has 1 aromatic heterocycles. The minimum absolute atomic E-state index is 0.708. The van der Waals surface area contributed by atoms with Gasteiger partial charge in [0.05, 0.1) is 5.69 Å². The van der Waals surface area contributed by atoms with Crippen molar-refractivity contribution in [2.75, 3.05) is 11.9 Å². The molecule has 1 saturated carbocycles. The first kappa shape index (κ1) is 11.1. The van der Waals surface area contributed by atoms with Crippen LogP contribution in [-0.2, 0) is 6.42 Å². The van der Waals surface area contributed by atoms with Crippen LogP contribution in [0.4, 0.5) is 5.95 Å². The van der Waals surface area contributed by atoms with E-state index in [1.807, 2.05) is 0 Å². The summed E-state index contributed by atoms with van der Waals surface area (Å²) in [6, 6.07) is 0.708. The van der Waals surface area contributed by atoms with Gasteiger partial charge in [0.25, 0.3) is 0 Å². The van der Waals surface area contributed by atoms with E-state index in [4.69, 9.17) is 0 Å². The summed E-state index contributed by atoms with van der Waals surface area (Å²) in [6.45, 7) is 3.28. The van der Waals surface area contributed by atoms with Gasteiger partial charge in [-0.1, -0.05) is 26.2 Å². The van der Waals surface area contributed by atoms with Crippen LogP contribution in [0.3, 0.4) is 0 Å². The summed E-state index contributed by atoms with van der Waals surface area (Å²) < 4.78 is 2.43. The van der Waals surface area contributed by atoms with Crippen molar-refractivity contribution >= 4 is 5.95 Å². The van der Waals surface area contributed by atoms with Gasteiger partial charge in [-0.05, 0) is 31.6 Å². The van der Waals surface area contributed by atoms with Gasteiger partial charge in [0.2, 0.25) is 5.95 Å². The molecule has 0 aromatic carbocycles. The molecule has 0 saturated heterocycles. The Hall–Kier alpha value is -0.990. The molecule has 1 aliphatic carbocycles. The van der Waals surface area contributed by atoms with Crippen LogP contribution in [0.15, 0.2) is 6.20 Å². The Morgan fingerprint density at radius 1 is 1.29 bits per heavy atom. The molecular formula is C14H23N3. The third-order valence-corrected chi connectivity index (χ3v) is 4.42. The fourth-order valence-electron chi connectivity index (χ4n) is 3.45. The number of fused-ring (bicyclic) bond motifs is 1. The van der Waals surface area contributed by atoms with E-state index in [1.165, 1.54) is 44.2 Å². The van der Waals surface area contributed by atoms with E-state index in [1.54, 1.807) is 0 Å². The number of aromatic nitrogens is 2. The molecule has 3 rings (SSSR count). The number of hydrogen-bond donors (Lipinski definition) is 1. The van der Waals surface area contributed by atoms with E-state index in [2.05, 4.69) is 28.0 Å². The first-order valence-corrected chi connectivity index (χ1v) is 7.20. The van der Waals surface area contributed by atoms with Crippen molar-refractivity contribution in [3.05, 3.63) is 11.9 Å². The maximum Gasteiger partial charge on any atom is 0.203 e. The minimum Gasteiger partial charge on any atom is -0.356 e. The quantitative estimate of drug-likeness (QED) is 0.848. The Bertz CT molecular complexity index is 377. The van der Waals surface area contributed by atoms with Crippen LogP contribution >= 0.6 is 0 Å². The summed E-state index contributed by atoms with van der Waals surface area (Å²) in [4.78, 5) is 4.67. The SMILES string of the molecule is CCc1cn2c(n1)NCCC2C1CCCCC1. The number of anilines is 1. The van der Waals surface area contributed by atoms with Gasteiger partial charge in [0, 0.05) is 18.8 Å². The minimum atomic E-state index is 0.708. The molecule has 94 valence electrons. The summed E-state index contributed by atoms with van der Waals surface area (Å²) >= 11 is 0. The van der Waals surface area contributed by atoms with Crippen molar-refractivity contribution in [1.29, 1.82) is 0 Å².